The lowest BCUT2D eigenvalue weighted by Gasteiger charge is -2.11. The molecule has 0 fully saturated rings. The Bertz CT molecular complexity index is 1070. The molecule has 2 aromatic carbocycles. The van der Waals surface area contributed by atoms with Gasteiger partial charge in [-0.25, -0.2) is 4.98 Å². The Kier molecular flexibility index (Phi) is 4.75. The number of aryl methyl sites for hydroxylation is 2. The molecule has 3 N–H and O–H groups in total. The topological polar surface area (TPSA) is 65.6 Å². The number of aromatic amines is 1. The van der Waals surface area contributed by atoms with Gasteiger partial charge in [-0.3, -0.25) is 0 Å². The van der Waals surface area contributed by atoms with Gasteiger partial charge in [-0.15, -0.1) is 0 Å². The van der Waals surface area contributed by atoms with Crippen molar-refractivity contribution in [1.29, 1.82) is 0 Å². The summed E-state index contributed by atoms with van der Waals surface area (Å²) in [6.07, 6.45) is 3.01. The number of anilines is 3. The van der Waals surface area contributed by atoms with Crippen molar-refractivity contribution >= 4 is 28.4 Å². The Morgan fingerprint density at radius 1 is 0.963 bits per heavy atom. The Labute approximate surface area is 158 Å². The van der Waals surface area contributed by atoms with E-state index in [0.717, 1.165) is 35.7 Å². The Hall–Kier alpha value is -3.34. The van der Waals surface area contributed by atoms with Gasteiger partial charge in [0.05, 0.1) is 0 Å². The summed E-state index contributed by atoms with van der Waals surface area (Å²) in [7, 11) is 0. The molecule has 4 aromatic rings. The first kappa shape index (κ1) is 17.1. The number of aromatic nitrogens is 3. The minimum Gasteiger partial charge on any atom is -0.370 e. The highest BCUT2D eigenvalue weighted by molar-refractivity contribution is 5.83. The molecule has 0 bridgehead atoms. The van der Waals surface area contributed by atoms with E-state index in [9.17, 15) is 0 Å². The van der Waals surface area contributed by atoms with E-state index in [1.807, 2.05) is 37.3 Å². The molecule has 136 valence electrons. The van der Waals surface area contributed by atoms with Crippen molar-refractivity contribution < 1.29 is 0 Å². The maximum atomic E-state index is 4.61. The third-order valence-electron chi connectivity index (χ3n) is 4.62. The minimum atomic E-state index is 0.610. The molecule has 5 nitrogen and oxygen atoms in total. The van der Waals surface area contributed by atoms with Crippen molar-refractivity contribution in [1.82, 2.24) is 15.0 Å². The van der Waals surface area contributed by atoms with Crippen LogP contribution in [0, 0.1) is 13.8 Å². The molecule has 0 spiro atoms. The summed E-state index contributed by atoms with van der Waals surface area (Å²) in [6, 6.07) is 18.5. The normalized spacial score (nSPS) is 10.9. The standard InChI is InChI=1S/C22H23N5/c1-15-7-3-5-9-19(15)26-22-25-16(2)13-21(27-22)23-12-11-17-14-24-20-10-6-4-8-18(17)20/h3-10,13-14,24H,11-12H2,1-2H3,(H2,23,25,26,27). The number of para-hydroxylation sites is 2. The van der Waals surface area contributed by atoms with Crippen molar-refractivity contribution in [3.8, 4) is 0 Å². The molecule has 0 aliphatic rings. The predicted octanol–water partition coefficient (Wildman–Crippen LogP) is 4.97. The van der Waals surface area contributed by atoms with Gasteiger partial charge in [0.15, 0.2) is 0 Å². The largest absolute Gasteiger partial charge is 0.370 e. The van der Waals surface area contributed by atoms with Crippen molar-refractivity contribution in [2.45, 2.75) is 20.3 Å². The lowest BCUT2D eigenvalue weighted by Crippen LogP contribution is -2.08. The number of hydrogen-bond acceptors (Lipinski definition) is 4. The summed E-state index contributed by atoms with van der Waals surface area (Å²) in [6.45, 7) is 4.86. The molecule has 0 amide bonds. The summed E-state index contributed by atoms with van der Waals surface area (Å²) in [5, 5.41) is 8.02. The van der Waals surface area contributed by atoms with E-state index in [2.05, 4.69) is 63.0 Å². The number of H-pyrrole nitrogens is 1. The third-order valence-corrected chi connectivity index (χ3v) is 4.62. The van der Waals surface area contributed by atoms with Crippen molar-refractivity contribution in [3.05, 3.63) is 77.6 Å². The monoisotopic (exact) mass is 357 g/mol. The highest BCUT2D eigenvalue weighted by Gasteiger charge is 2.06. The quantitative estimate of drug-likeness (QED) is 0.456. The second kappa shape index (κ2) is 7.50. The molecule has 2 heterocycles. The lowest BCUT2D eigenvalue weighted by atomic mass is 10.1. The highest BCUT2D eigenvalue weighted by atomic mass is 15.1. The van der Waals surface area contributed by atoms with Crippen molar-refractivity contribution in [3.63, 3.8) is 0 Å². The number of hydrogen-bond donors (Lipinski definition) is 3. The Morgan fingerprint density at radius 3 is 2.67 bits per heavy atom. The van der Waals surface area contributed by atoms with Crippen LogP contribution in [0.1, 0.15) is 16.8 Å². The first-order chi connectivity index (χ1) is 13.2. The van der Waals surface area contributed by atoms with Gasteiger partial charge >= 0.3 is 0 Å². The van der Waals surface area contributed by atoms with Gasteiger partial charge in [0, 0.05) is 41.1 Å². The number of nitrogens with zero attached hydrogens (tertiary/aromatic N) is 2. The van der Waals surface area contributed by atoms with Crippen molar-refractivity contribution in [2.24, 2.45) is 0 Å². The Morgan fingerprint density at radius 2 is 1.78 bits per heavy atom. The van der Waals surface area contributed by atoms with Gasteiger partial charge in [0.1, 0.15) is 5.82 Å². The van der Waals surface area contributed by atoms with Gasteiger partial charge in [-0.1, -0.05) is 36.4 Å². The number of nitrogens with one attached hydrogen (secondary N) is 3. The van der Waals surface area contributed by atoms with E-state index in [4.69, 9.17) is 0 Å². The number of benzene rings is 2. The van der Waals surface area contributed by atoms with E-state index < -0.39 is 0 Å². The van der Waals surface area contributed by atoms with Gasteiger partial charge in [-0.2, -0.15) is 4.98 Å². The highest BCUT2D eigenvalue weighted by Crippen LogP contribution is 2.20. The van der Waals surface area contributed by atoms with E-state index in [1.54, 1.807) is 0 Å². The zero-order valence-corrected chi connectivity index (χ0v) is 15.6. The second-order valence-corrected chi connectivity index (χ2v) is 6.69. The molecule has 0 radical (unpaired) electrons. The predicted molar refractivity (Wildman–Crippen MR) is 112 cm³/mol. The fourth-order valence-corrected chi connectivity index (χ4v) is 3.21. The van der Waals surface area contributed by atoms with Crippen LogP contribution in [0.15, 0.2) is 60.8 Å². The smallest absolute Gasteiger partial charge is 0.229 e. The summed E-state index contributed by atoms with van der Waals surface area (Å²) < 4.78 is 0. The SMILES string of the molecule is Cc1cc(NCCc2c[nH]c3ccccc23)nc(Nc2ccccc2C)n1. The van der Waals surface area contributed by atoms with Crippen LogP contribution in [0.4, 0.5) is 17.5 Å². The summed E-state index contributed by atoms with van der Waals surface area (Å²) in [5.41, 5.74) is 5.59. The number of fused-ring (bicyclic) bond motifs is 1. The van der Waals surface area contributed by atoms with Gasteiger partial charge < -0.3 is 15.6 Å². The summed E-state index contributed by atoms with van der Waals surface area (Å²) in [4.78, 5) is 12.4. The van der Waals surface area contributed by atoms with Crippen LogP contribution in [0.5, 0.6) is 0 Å². The van der Waals surface area contributed by atoms with Gasteiger partial charge in [0.25, 0.3) is 0 Å². The molecule has 0 saturated carbocycles. The first-order valence-corrected chi connectivity index (χ1v) is 9.16. The number of rotatable bonds is 6. The van der Waals surface area contributed by atoms with E-state index in [0.29, 0.717) is 5.95 Å². The summed E-state index contributed by atoms with van der Waals surface area (Å²) in [5.74, 6) is 1.44. The summed E-state index contributed by atoms with van der Waals surface area (Å²) >= 11 is 0. The molecule has 0 aliphatic carbocycles. The van der Waals surface area contributed by atoms with Crippen LogP contribution in [-0.4, -0.2) is 21.5 Å². The van der Waals surface area contributed by atoms with E-state index >= 15 is 0 Å². The van der Waals surface area contributed by atoms with Crippen LogP contribution in [-0.2, 0) is 6.42 Å². The zero-order chi connectivity index (χ0) is 18.6. The van der Waals surface area contributed by atoms with Crippen LogP contribution in [0.3, 0.4) is 0 Å². The average molecular weight is 357 g/mol. The van der Waals surface area contributed by atoms with Crippen LogP contribution < -0.4 is 10.6 Å². The van der Waals surface area contributed by atoms with E-state index in [-0.39, 0.29) is 0 Å². The molecule has 27 heavy (non-hydrogen) atoms. The molecule has 0 saturated heterocycles. The molecule has 0 aliphatic heterocycles. The lowest BCUT2D eigenvalue weighted by molar-refractivity contribution is 1.00. The van der Waals surface area contributed by atoms with Gasteiger partial charge in [-0.05, 0) is 43.5 Å². The molecule has 2 aromatic heterocycles. The maximum absolute atomic E-state index is 4.61. The minimum absolute atomic E-state index is 0.610. The maximum Gasteiger partial charge on any atom is 0.229 e. The first-order valence-electron chi connectivity index (χ1n) is 9.16. The molecule has 5 heteroatoms. The molecule has 4 rings (SSSR count). The van der Waals surface area contributed by atoms with Crippen LogP contribution in [0.25, 0.3) is 10.9 Å². The van der Waals surface area contributed by atoms with Crippen molar-refractivity contribution in [2.75, 3.05) is 17.2 Å². The third kappa shape index (κ3) is 3.92. The average Bonchev–Trinajstić information content (AvgIpc) is 3.07. The Balaban J connectivity index is 1.44. The zero-order valence-electron chi connectivity index (χ0n) is 15.6. The molecule has 0 unspecified atom stereocenters. The molecule has 0 atom stereocenters. The fraction of sp³-hybridized carbons (Fsp3) is 0.182. The van der Waals surface area contributed by atoms with Gasteiger partial charge in [0.2, 0.25) is 5.95 Å². The van der Waals surface area contributed by atoms with Crippen LogP contribution in [0.2, 0.25) is 0 Å². The molecular weight excluding hydrogens is 334 g/mol. The van der Waals surface area contributed by atoms with E-state index in [1.165, 1.54) is 16.5 Å². The van der Waals surface area contributed by atoms with Crippen LogP contribution >= 0.6 is 0 Å². The molecular formula is C22H23N5. The second-order valence-electron chi connectivity index (χ2n) is 6.69. The fourth-order valence-electron chi connectivity index (χ4n) is 3.21.